The maximum Gasteiger partial charge on any atom is 0.408 e. The number of hydrogen-bond donors (Lipinski definition) is 4. The van der Waals surface area contributed by atoms with E-state index in [1.165, 1.54) is 26.0 Å². The first-order valence-corrected chi connectivity index (χ1v) is 21.3. The maximum absolute atomic E-state index is 15.1. The van der Waals surface area contributed by atoms with Gasteiger partial charge in [-0.3, -0.25) is 14.4 Å². The quantitative estimate of drug-likeness (QED) is 0.137. The van der Waals surface area contributed by atoms with Crippen molar-refractivity contribution in [3.8, 4) is 0 Å². The molecule has 0 radical (unpaired) electrons. The van der Waals surface area contributed by atoms with Crippen LogP contribution in [0.1, 0.15) is 110 Å². The number of aliphatic hydroxyl groups is 3. The van der Waals surface area contributed by atoms with Gasteiger partial charge in [0.1, 0.15) is 41.7 Å². The number of fused-ring (bicyclic) bond motifs is 5. The van der Waals surface area contributed by atoms with Crippen LogP contribution in [0.4, 0.5) is 4.79 Å². The minimum absolute atomic E-state index is 0.0697. The molecule has 4 aliphatic rings. The summed E-state index contributed by atoms with van der Waals surface area (Å²) in [6, 6.07) is 14.7. The lowest BCUT2D eigenvalue weighted by Crippen LogP contribution is -2.81. The maximum atomic E-state index is 15.1. The zero-order chi connectivity index (χ0) is 46.4. The molecule has 16 heteroatoms. The van der Waals surface area contributed by atoms with Crippen LogP contribution in [0.15, 0.2) is 71.8 Å². The number of hydrogen-bond acceptors (Lipinski definition) is 15. The summed E-state index contributed by atoms with van der Waals surface area (Å²) in [5.74, 6) is -6.14. The van der Waals surface area contributed by atoms with Gasteiger partial charge in [0, 0.05) is 31.6 Å². The number of carbonyl (C=O) groups excluding carboxylic acids is 6. The van der Waals surface area contributed by atoms with Crippen LogP contribution in [0.2, 0.25) is 0 Å². The van der Waals surface area contributed by atoms with E-state index in [-0.39, 0.29) is 36.2 Å². The van der Waals surface area contributed by atoms with Crippen molar-refractivity contribution in [2.45, 2.75) is 147 Å². The van der Waals surface area contributed by atoms with Gasteiger partial charge in [-0.1, -0.05) is 69.3 Å². The highest BCUT2D eigenvalue weighted by molar-refractivity contribution is 5.94. The van der Waals surface area contributed by atoms with Gasteiger partial charge < -0.3 is 49.1 Å². The van der Waals surface area contributed by atoms with E-state index in [4.69, 9.17) is 28.4 Å². The fourth-order valence-corrected chi connectivity index (χ4v) is 10.1. The van der Waals surface area contributed by atoms with E-state index in [9.17, 15) is 39.3 Å². The number of aliphatic hydroxyl groups excluding tert-OH is 2. The smallest absolute Gasteiger partial charge is 0.408 e. The summed E-state index contributed by atoms with van der Waals surface area (Å²) >= 11 is 0. The molecule has 342 valence electrons. The van der Waals surface area contributed by atoms with Crippen LogP contribution in [0, 0.1) is 16.7 Å². The van der Waals surface area contributed by atoms with Crippen LogP contribution in [-0.4, -0.2) is 111 Å². The number of rotatable bonds is 11. The van der Waals surface area contributed by atoms with Crippen LogP contribution >= 0.6 is 0 Å². The second kappa shape index (κ2) is 17.4. The summed E-state index contributed by atoms with van der Waals surface area (Å²) in [7, 11) is 0. The summed E-state index contributed by atoms with van der Waals surface area (Å²) in [5.41, 5.74) is -8.32. The Morgan fingerprint density at radius 2 is 1.57 bits per heavy atom. The lowest BCUT2D eigenvalue weighted by molar-refractivity contribution is -0.346. The number of ketones is 1. The molecule has 11 atom stereocenters. The normalized spacial score (nSPS) is 31.8. The number of amides is 1. The Balaban J connectivity index is 1.53. The number of ether oxygens (including phenoxy) is 6. The first-order chi connectivity index (χ1) is 29.4. The van der Waals surface area contributed by atoms with Gasteiger partial charge in [-0.05, 0) is 69.9 Å². The molecule has 0 spiro atoms. The van der Waals surface area contributed by atoms with Crippen LogP contribution in [0.5, 0.6) is 0 Å². The largest absolute Gasteiger partial charge is 0.455 e. The highest BCUT2D eigenvalue weighted by Gasteiger charge is 2.78. The lowest BCUT2D eigenvalue weighted by Gasteiger charge is -2.67. The van der Waals surface area contributed by atoms with Crippen molar-refractivity contribution in [2.75, 3.05) is 6.61 Å². The predicted octanol–water partition coefficient (Wildman–Crippen LogP) is 4.61. The highest BCUT2D eigenvalue weighted by Crippen LogP contribution is 2.64. The number of esters is 4. The summed E-state index contributed by atoms with van der Waals surface area (Å²) in [6.45, 7) is 13.5. The van der Waals surface area contributed by atoms with Crippen molar-refractivity contribution in [3.63, 3.8) is 0 Å². The third kappa shape index (κ3) is 8.50. The molecule has 2 saturated carbocycles. The van der Waals surface area contributed by atoms with Crippen molar-refractivity contribution in [2.24, 2.45) is 16.7 Å². The third-order valence-corrected chi connectivity index (χ3v) is 13.3. The number of nitrogens with one attached hydrogen (secondary N) is 1. The van der Waals surface area contributed by atoms with Crippen molar-refractivity contribution in [1.82, 2.24) is 5.32 Å². The first-order valence-electron chi connectivity index (χ1n) is 21.3. The molecular weight excluding hydrogens is 819 g/mol. The average molecular weight is 878 g/mol. The Morgan fingerprint density at radius 1 is 0.952 bits per heavy atom. The fourth-order valence-electron chi connectivity index (χ4n) is 10.1. The molecule has 2 aromatic carbocycles. The monoisotopic (exact) mass is 877 g/mol. The predicted molar refractivity (Wildman–Crippen MR) is 222 cm³/mol. The molecule has 1 heterocycles. The fraction of sp³-hybridized carbons (Fsp3) is 0.574. The Morgan fingerprint density at radius 3 is 2.13 bits per heavy atom. The third-order valence-electron chi connectivity index (χ3n) is 13.3. The SMILES string of the molecule is CCCC(=O)O[C@@H](C(=O)O[C@H]1C[C@@]2(O)[C@@H](OC(=O)c3ccccc3)[C@@H]3[C@]4(OC(C)=O)CO[C@@H]4C[C@H](O)[C@@]3(C)C(=O)[C@H](O)C(=C1C)C2(C)C)[C@@H](NC(=O)OC(C)(C)C)c1ccccc1. The number of Topliss-reactive ketones (excluding diaryl/α,β-unsaturated/α-hetero) is 1. The molecule has 1 amide bonds. The lowest BCUT2D eigenvalue weighted by atomic mass is 9.44. The molecular formula is C47H59NO15. The summed E-state index contributed by atoms with van der Waals surface area (Å²) in [6.07, 6.45) is -11.2. The van der Waals surface area contributed by atoms with E-state index in [1.807, 2.05) is 0 Å². The molecule has 16 nitrogen and oxygen atoms in total. The van der Waals surface area contributed by atoms with Crippen LogP contribution in [0.25, 0.3) is 0 Å². The Hall–Kier alpha value is -5.16. The van der Waals surface area contributed by atoms with E-state index in [0.717, 1.165) is 6.92 Å². The van der Waals surface area contributed by atoms with Crippen LogP contribution < -0.4 is 5.32 Å². The standard InChI is InChI=1S/C47H59NO15/c1-10-17-32(51)60-36(34(27-18-13-11-14-19-27)48-42(56)63-43(4,5)6)41(55)59-29-23-47(57)39(61-40(54)28-20-15-12-16-21-28)37-45(9,38(53)35(52)33(25(29)2)44(47,7)8)30(50)22-31-46(37,24-58-31)62-26(3)49/h11-16,18-21,29-31,34-37,39,50,52,57H,10,17,22-24H2,1-9H3,(H,48,56)/t29-,30-,31+,34-,35+,36+,37-,39-,45+,46-,47+/m0/s1. The number of benzene rings is 2. The second-order valence-corrected chi connectivity index (χ2v) is 18.8. The highest BCUT2D eigenvalue weighted by atomic mass is 16.6. The molecule has 3 fully saturated rings. The summed E-state index contributed by atoms with van der Waals surface area (Å²) in [4.78, 5) is 83.7. The molecule has 1 aliphatic heterocycles. The van der Waals surface area contributed by atoms with Crippen LogP contribution in [0.3, 0.4) is 0 Å². The zero-order valence-corrected chi connectivity index (χ0v) is 37.2. The molecule has 2 aromatic rings. The van der Waals surface area contributed by atoms with Gasteiger partial charge in [-0.15, -0.1) is 0 Å². The molecule has 2 bridgehead atoms. The Kier molecular flexibility index (Phi) is 13.1. The van der Waals surface area contributed by atoms with Gasteiger partial charge in [-0.2, -0.15) is 0 Å². The van der Waals surface area contributed by atoms with E-state index >= 15 is 4.79 Å². The number of alkyl carbamates (subject to hydrolysis) is 1. The van der Waals surface area contributed by atoms with Gasteiger partial charge in [0.15, 0.2) is 11.4 Å². The Bertz CT molecular complexity index is 2130. The summed E-state index contributed by atoms with van der Waals surface area (Å²) < 4.78 is 35.8. The molecule has 0 aromatic heterocycles. The van der Waals surface area contributed by atoms with E-state index in [2.05, 4.69) is 5.32 Å². The van der Waals surface area contributed by atoms with Gasteiger partial charge >= 0.3 is 30.0 Å². The average Bonchev–Trinajstić information content (AvgIpc) is 3.20. The van der Waals surface area contributed by atoms with Gasteiger partial charge in [0.2, 0.25) is 6.10 Å². The topological polar surface area (TPSA) is 231 Å². The van der Waals surface area contributed by atoms with E-state index in [0.29, 0.717) is 12.0 Å². The van der Waals surface area contributed by atoms with E-state index in [1.54, 1.807) is 90.1 Å². The van der Waals surface area contributed by atoms with Crippen molar-refractivity contribution < 1.29 is 72.5 Å². The van der Waals surface area contributed by atoms with E-state index < -0.39 is 118 Å². The van der Waals surface area contributed by atoms with Crippen molar-refractivity contribution in [1.29, 1.82) is 0 Å². The summed E-state index contributed by atoms with van der Waals surface area (Å²) in [5, 5.41) is 40.6. The molecule has 63 heavy (non-hydrogen) atoms. The molecule has 6 rings (SSSR count). The zero-order valence-electron chi connectivity index (χ0n) is 37.2. The minimum atomic E-state index is -2.39. The molecule has 3 aliphatic carbocycles. The molecule has 4 N–H and O–H groups in total. The minimum Gasteiger partial charge on any atom is -0.455 e. The van der Waals surface area contributed by atoms with Crippen molar-refractivity contribution in [3.05, 3.63) is 82.9 Å². The first kappa shape index (κ1) is 47.3. The van der Waals surface area contributed by atoms with Crippen molar-refractivity contribution >= 4 is 35.8 Å². The number of carbonyl (C=O) groups is 6. The van der Waals surface area contributed by atoms with Gasteiger partial charge in [-0.25, -0.2) is 14.4 Å². The molecule has 1 saturated heterocycles. The second-order valence-electron chi connectivity index (χ2n) is 18.8. The Labute approximate surface area is 366 Å². The molecule has 0 unspecified atom stereocenters. The van der Waals surface area contributed by atoms with Gasteiger partial charge in [0.25, 0.3) is 0 Å². The van der Waals surface area contributed by atoms with Crippen LogP contribution in [-0.2, 0) is 47.6 Å². The van der Waals surface area contributed by atoms with Gasteiger partial charge in [0.05, 0.1) is 29.6 Å².